The summed E-state index contributed by atoms with van der Waals surface area (Å²) < 4.78 is 0. The highest BCUT2D eigenvalue weighted by molar-refractivity contribution is 5.81. The fraction of sp³-hybridized carbons (Fsp3) is 0.571. The van der Waals surface area contributed by atoms with Crippen LogP contribution in [0.25, 0.3) is 0 Å². The van der Waals surface area contributed by atoms with E-state index in [4.69, 9.17) is 5.73 Å². The van der Waals surface area contributed by atoms with E-state index in [-0.39, 0.29) is 11.3 Å². The predicted octanol–water partition coefficient (Wildman–Crippen LogP) is 1.94. The summed E-state index contributed by atoms with van der Waals surface area (Å²) in [7, 11) is 0. The number of nitrogens with one attached hydrogen (secondary N) is 2. The molecule has 0 saturated heterocycles. The van der Waals surface area contributed by atoms with E-state index < -0.39 is 0 Å². The lowest BCUT2D eigenvalue weighted by Crippen LogP contribution is -2.35. The van der Waals surface area contributed by atoms with Crippen LogP contribution in [-0.4, -0.2) is 24.0 Å². The van der Waals surface area contributed by atoms with Crippen molar-refractivity contribution < 1.29 is 4.79 Å². The van der Waals surface area contributed by atoms with Gasteiger partial charge in [0.2, 0.25) is 5.91 Å². The lowest BCUT2D eigenvalue weighted by atomic mass is 9.96. The minimum atomic E-state index is -0.337. The maximum absolute atomic E-state index is 11.6. The number of nitrogens with zero attached hydrogens (tertiary/aromatic N) is 1. The number of hydrogen-bond donors (Lipinski definition) is 3. The molecule has 0 aliphatic heterocycles. The SMILES string of the molecule is Cc1ccnc(NCCCNC(=O)C(C)(C)C)c1N. The van der Waals surface area contributed by atoms with Crippen LogP contribution >= 0.6 is 0 Å². The molecule has 5 nitrogen and oxygen atoms in total. The van der Waals surface area contributed by atoms with Gasteiger partial charge < -0.3 is 16.4 Å². The number of anilines is 2. The van der Waals surface area contributed by atoms with Crippen molar-refractivity contribution in [2.24, 2.45) is 5.41 Å². The van der Waals surface area contributed by atoms with Gasteiger partial charge in [0.25, 0.3) is 0 Å². The lowest BCUT2D eigenvalue weighted by Gasteiger charge is -2.17. The predicted molar refractivity (Wildman–Crippen MR) is 79.0 cm³/mol. The normalized spacial score (nSPS) is 11.2. The average Bonchev–Trinajstić information content (AvgIpc) is 2.32. The molecular formula is C14H24N4O. The number of carbonyl (C=O) groups is 1. The highest BCUT2D eigenvalue weighted by Crippen LogP contribution is 2.18. The molecule has 0 atom stereocenters. The zero-order chi connectivity index (χ0) is 14.5. The van der Waals surface area contributed by atoms with Crippen molar-refractivity contribution in [3.8, 4) is 0 Å². The van der Waals surface area contributed by atoms with Gasteiger partial charge in [-0.2, -0.15) is 0 Å². The number of aryl methyl sites for hydroxylation is 1. The maximum Gasteiger partial charge on any atom is 0.225 e. The van der Waals surface area contributed by atoms with Crippen molar-refractivity contribution in [1.29, 1.82) is 0 Å². The summed E-state index contributed by atoms with van der Waals surface area (Å²) in [4.78, 5) is 15.8. The Kier molecular flexibility index (Phi) is 5.15. The smallest absolute Gasteiger partial charge is 0.225 e. The van der Waals surface area contributed by atoms with Gasteiger partial charge in [0, 0.05) is 24.7 Å². The van der Waals surface area contributed by atoms with E-state index in [1.807, 2.05) is 33.8 Å². The van der Waals surface area contributed by atoms with Gasteiger partial charge >= 0.3 is 0 Å². The molecule has 4 N–H and O–H groups in total. The highest BCUT2D eigenvalue weighted by atomic mass is 16.2. The molecule has 19 heavy (non-hydrogen) atoms. The van der Waals surface area contributed by atoms with Crippen LogP contribution in [0.1, 0.15) is 32.8 Å². The summed E-state index contributed by atoms with van der Waals surface area (Å²) >= 11 is 0. The number of pyridine rings is 1. The van der Waals surface area contributed by atoms with Crippen molar-refractivity contribution in [2.75, 3.05) is 24.1 Å². The van der Waals surface area contributed by atoms with E-state index in [0.29, 0.717) is 18.1 Å². The van der Waals surface area contributed by atoms with Crippen molar-refractivity contribution in [2.45, 2.75) is 34.1 Å². The molecule has 0 spiro atoms. The highest BCUT2D eigenvalue weighted by Gasteiger charge is 2.20. The first-order valence-corrected chi connectivity index (χ1v) is 6.55. The van der Waals surface area contributed by atoms with Gasteiger partial charge in [-0.1, -0.05) is 20.8 Å². The molecule has 1 rings (SSSR count). The molecule has 1 aromatic heterocycles. The average molecular weight is 264 g/mol. The third-order valence-electron chi connectivity index (χ3n) is 2.82. The van der Waals surface area contributed by atoms with Gasteiger partial charge in [-0.05, 0) is 25.0 Å². The van der Waals surface area contributed by atoms with Gasteiger partial charge in [-0.3, -0.25) is 4.79 Å². The van der Waals surface area contributed by atoms with Crippen LogP contribution < -0.4 is 16.4 Å². The van der Waals surface area contributed by atoms with Crippen molar-refractivity contribution >= 4 is 17.4 Å². The van der Waals surface area contributed by atoms with Gasteiger partial charge in [0.05, 0.1) is 5.69 Å². The first-order chi connectivity index (χ1) is 8.82. The van der Waals surface area contributed by atoms with E-state index in [2.05, 4.69) is 15.6 Å². The number of carbonyl (C=O) groups excluding carboxylic acids is 1. The Morgan fingerprint density at radius 3 is 2.68 bits per heavy atom. The van der Waals surface area contributed by atoms with Gasteiger partial charge in [-0.25, -0.2) is 4.98 Å². The molecule has 5 heteroatoms. The Hall–Kier alpha value is -1.78. The maximum atomic E-state index is 11.6. The first-order valence-electron chi connectivity index (χ1n) is 6.55. The van der Waals surface area contributed by atoms with E-state index in [1.165, 1.54) is 0 Å². The zero-order valence-electron chi connectivity index (χ0n) is 12.2. The second-order valence-electron chi connectivity index (χ2n) is 5.68. The summed E-state index contributed by atoms with van der Waals surface area (Å²) in [5.41, 5.74) is 7.26. The summed E-state index contributed by atoms with van der Waals surface area (Å²) in [6, 6.07) is 1.88. The molecule has 0 aromatic carbocycles. The molecule has 1 amide bonds. The van der Waals surface area contributed by atoms with E-state index >= 15 is 0 Å². The molecule has 1 heterocycles. The van der Waals surface area contributed by atoms with Crippen molar-refractivity contribution in [3.63, 3.8) is 0 Å². The van der Waals surface area contributed by atoms with Gasteiger partial charge in [0.1, 0.15) is 5.82 Å². The number of nitrogen functional groups attached to an aromatic ring is 1. The Labute approximate surface area is 115 Å². The Morgan fingerprint density at radius 1 is 1.37 bits per heavy atom. The van der Waals surface area contributed by atoms with Crippen LogP contribution in [0.15, 0.2) is 12.3 Å². The van der Waals surface area contributed by atoms with E-state index in [9.17, 15) is 4.79 Å². The van der Waals surface area contributed by atoms with E-state index in [0.717, 1.165) is 18.5 Å². The molecule has 0 radical (unpaired) electrons. The summed E-state index contributed by atoms with van der Waals surface area (Å²) in [6.07, 6.45) is 2.56. The number of aromatic nitrogens is 1. The standard InChI is InChI=1S/C14H24N4O/c1-10-6-9-17-12(11(10)15)16-7-5-8-18-13(19)14(2,3)4/h6,9H,5,7-8,15H2,1-4H3,(H,16,17)(H,18,19). The van der Waals surface area contributed by atoms with Gasteiger partial charge in [-0.15, -0.1) is 0 Å². The van der Waals surface area contributed by atoms with Crippen molar-refractivity contribution in [3.05, 3.63) is 17.8 Å². The number of nitrogens with two attached hydrogens (primary N) is 1. The van der Waals surface area contributed by atoms with Crippen LogP contribution in [0.4, 0.5) is 11.5 Å². The monoisotopic (exact) mass is 264 g/mol. The zero-order valence-corrected chi connectivity index (χ0v) is 12.2. The molecule has 0 saturated carbocycles. The van der Waals surface area contributed by atoms with E-state index in [1.54, 1.807) is 6.20 Å². The molecule has 0 aliphatic carbocycles. The summed E-state index contributed by atoms with van der Waals surface area (Å²) in [5.74, 6) is 0.780. The number of hydrogen-bond acceptors (Lipinski definition) is 4. The van der Waals surface area contributed by atoms with Crippen LogP contribution in [0.3, 0.4) is 0 Å². The molecule has 0 bridgehead atoms. The Bertz CT molecular complexity index is 438. The molecule has 106 valence electrons. The van der Waals surface area contributed by atoms with Gasteiger partial charge in [0.15, 0.2) is 0 Å². The minimum Gasteiger partial charge on any atom is -0.396 e. The van der Waals surface area contributed by atoms with Crippen LogP contribution in [0.2, 0.25) is 0 Å². The molecule has 0 fully saturated rings. The molecule has 0 aliphatic rings. The summed E-state index contributed by atoms with van der Waals surface area (Å²) in [6.45, 7) is 9.03. The molecule has 0 unspecified atom stereocenters. The third-order valence-corrected chi connectivity index (χ3v) is 2.82. The minimum absolute atomic E-state index is 0.0701. The molecule has 1 aromatic rings. The van der Waals surface area contributed by atoms with Crippen LogP contribution in [0, 0.1) is 12.3 Å². The first kappa shape index (κ1) is 15.3. The second-order valence-corrected chi connectivity index (χ2v) is 5.68. The second kappa shape index (κ2) is 6.41. The third kappa shape index (κ3) is 4.77. The lowest BCUT2D eigenvalue weighted by molar-refractivity contribution is -0.128. The Morgan fingerprint density at radius 2 is 2.05 bits per heavy atom. The summed E-state index contributed by atoms with van der Waals surface area (Å²) in [5, 5.41) is 6.08. The topological polar surface area (TPSA) is 80.0 Å². The fourth-order valence-corrected chi connectivity index (χ4v) is 1.47. The molecular weight excluding hydrogens is 240 g/mol. The largest absolute Gasteiger partial charge is 0.396 e. The quantitative estimate of drug-likeness (QED) is 0.710. The fourth-order valence-electron chi connectivity index (χ4n) is 1.47. The van der Waals surface area contributed by atoms with Crippen molar-refractivity contribution in [1.82, 2.24) is 10.3 Å². The Balaban J connectivity index is 2.29. The number of rotatable bonds is 5. The van der Waals surface area contributed by atoms with Crippen LogP contribution in [0.5, 0.6) is 0 Å². The number of amides is 1. The van der Waals surface area contributed by atoms with Crippen LogP contribution in [-0.2, 0) is 4.79 Å².